The maximum absolute atomic E-state index is 10.4. The lowest BCUT2D eigenvalue weighted by Crippen LogP contribution is -2.22. The largest absolute Gasteiger partial charge is 0.492 e. The molecule has 19 heavy (non-hydrogen) atoms. The Kier molecular flexibility index (Phi) is 5.34. The quantitative estimate of drug-likeness (QED) is 0.918. The molecule has 5 heteroatoms. The number of aliphatic hydroxyl groups excluding tert-OH is 1. The zero-order chi connectivity index (χ0) is 13.8. The van der Waals surface area contributed by atoms with Gasteiger partial charge in [-0.05, 0) is 31.7 Å². The summed E-state index contributed by atoms with van der Waals surface area (Å²) >= 11 is 12.4. The molecule has 0 radical (unpaired) electrons. The third kappa shape index (κ3) is 3.54. The van der Waals surface area contributed by atoms with Crippen molar-refractivity contribution in [2.45, 2.75) is 25.9 Å². The molecule has 1 aliphatic heterocycles. The molecule has 1 aromatic carbocycles. The first-order chi connectivity index (χ1) is 9.13. The molecule has 0 spiro atoms. The lowest BCUT2D eigenvalue weighted by atomic mass is 9.89. The minimum Gasteiger partial charge on any atom is -0.492 e. The van der Waals surface area contributed by atoms with E-state index in [0.717, 1.165) is 12.8 Å². The molecule has 0 aromatic heterocycles. The Morgan fingerprint density at radius 3 is 2.63 bits per heavy atom. The smallest absolute Gasteiger partial charge is 0.139 e. The number of hydrogen-bond donors (Lipinski definition) is 1. The predicted molar refractivity (Wildman–Crippen MR) is 76.1 cm³/mol. The summed E-state index contributed by atoms with van der Waals surface area (Å²) in [6.45, 7) is 3.78. The van der Waals surface area contributed by atoms with Crippen LogP contribution in [0.3, 0.4) is 0 Å². The first kappa shape index (κ1) is 14.9. The highest BCUT2D eigenvalue weighted by molar-refractivity contribution is 6.34. The van der Waals surface area contributed by atoms with Gasteiger partial charge in [0, 0.05) is 24.8 Å². The molecule has 106 valence electrons. The Bertz CT molecular complexity index is 431. The highest BCUT2D eigenvalue weighted by Crippen LogP contribution is 2.38. The van der Waals surface area contributed by atoms with Crippen molar-refractivity contribution in [1.29, 1.82) is 0 Å². The predicted octanol–water partition coefficient (Wildman–Crippen LogP) is 3.85. The van der Waals surface area contributed by atoms with Crippen LogP contribution >= 0.6 is 23.2 Å². The Morgan fingerprint density at radius 2 is 2.00 bits per heavy atom. The summed E-state index contributed by atoms with van der Waals surface area (Å²) in [5.41, 5.74) is 0.669. The fourth-order valence-electron chi connectivity index (χ4n) is 2.32. The second-order valence-electron chi connectivity index (χ2n) is 4.63. The van der Waals surface area contributed by atoms with Gasteiger partial charge in [0.25, 0.3) is 0 Å². The van der Waals surface area contributed by atoms with E-state index in [2.05, 4.69) is 0 Å². The number of halogens is 2. The normalized spacial score (nSPS) is 18.3. The van der Waals surface area contributed by atoms with Crippen LogP contribution in [0.15, 0.2) is 12.1 Å². The second-order valence-corrected chi connectivity index (χ2v) is 5.45. The minimum absolute atomic E-state index is 0.167. The van der Waals surface area contributed by atoms with Gasteiger partial charge < -0.3 is 14.6 Å². The van der Waals surface area contributed by atoms with Crippen LogP contribution in [0, 0.1) is 5.92 Å². The maximum Gasteiger partial charge on any atom is 0.139 e. The van der Waals surface area contributed by atoms with E-state index in [1.807, 2.05) is 6.92 Å². The fourth-order valence-corrected chi connectivity index (χ4v) is 2.81. The molecule has 2 rings (SSSR count). The van der Waals surface area contributed by atoms with Crippen LogP contribution in [0.4, 0.5) is 0 Å². The molecule has 3 nitrogen and oxygen atoms in total. The molecule has 1 aliphatic rings. The van der Waals surface area contributed by atoms with Crippen molar-refractivity contribution in [3.8, 4) is 5.75 Å². The van der Waals surface area contributed by atoms with Crippen molar-refractivity contribution in [2.75, 3.05) is 19.8 Å². The first-order valence-electron chi connectivity index (χ1n) is 6.51. The van der Waals surface area contributed by atoms with Crippen LogP contribution < -0.4 is 4.74 Å². The van der Waals surface area contributed by atoms with Gasteiger partial charge in [0.1, 0.15) is 5.75 Å². The molecule has 1 saturated heterocycles. The second kappa shape index (κ2) is 6.80. The van der Waals surface area contributed by atoms with Crippen LogP contribution in [0.5, 0.6) is 5.75 Å². The Morgan fingerprint density at radius 1 is 1.32 bits per heavy atom. The topological polar surface area (TPSA) is 38.7 Å². The van der Waals surface area contributed by atoms with Gasteiger partial charge in [0.05, 0.1) is 22.8 Å². The highest BCUT2D eigenvalue weighted by atomic mass is 35.5. The van der Waals surface area contributed by atoms with Crippen LogP contribution in [0.25, 0.3) is 0 Å². The minimum atomic E-state index is -0.607. The van der Waals surface area contributed by atoms with Crippen LogP contribution in [-0.2, 0) is 4.74 Å². The molecule has 0 bridgehead atoms. The number of aliphatic hydroxyl groups is 1. The summed E-state index contributed by atoms with van der Waals surface area (Å²) in [6, 6.07) is 3.38. The molecule has 0 aliphatic carbocycles. The molecule has 1 heterocycles. The van der Waals surface area contributed by atoms with Gasteiger partial charge in [0.2, 0.25) is 0 Å². The summed E-state index contributed by atoms with van der Waals surface area (Å²) < 4.78 is 10.7. The van der Waals surface area contributed by atoms with Gasteiger partial charge in [-0.25, -0.2) is 0 Å². The van der Waals surface area contributed by atoms with Crippen molar-refractivity contribution in [3.05, 3.63) is 27.7 Å². The zero-order valence-corrected chi connectivity index (χ0v) is 12.4. The standard InChI is InChI=1S/C14H18Cl2O3/c1-2-19-13-8-11(15)10(7-12(13)16)14(17)9-3-5-18-6-4-9/h7-9,14,17H,2-6H2,1H3. The highest BCUT2D eigenvalue weighted by Gasteiger charge is 2.26. The van der Waals surface area contributed by atoms with Gasteiger partial charge in [-0.1, -0.05) is 23.2 Å². The molecular formula is C14H18Cl2O3. The Balaban J connectivity index is 2.21. The summed E-state index contributed by atoms with van der Waals surface area (Å²) in [5, 5.41) is 11.4. The van der Waals surface area contributed by atoms with Crippen molar-refractivity contribution in [2.24, 2.45) is 5.92 Å². The zero-order valence-electron chi connectivity index (χ0n) is 10.9. The van der Waals surface area contributed by atoms with Crippen molar-refractivity contribution in [3.63, 3.8) is 0 Å². The van der Waals surface area contributed by atoms with Gasteiger partial charge in [-0.15, -0.1) is 0 Å². The summed E-state index contributed by atoms with van der Waals surface area (Å²) in [7, 11) is 0. The summed E-state index contributed by atoms with van der Waals surface area (Å²) in [5.74, 6) is 0.720. The first-order valence-corrected chi connectivity index (χ1v) is 7.26. The Labute approximate surface area is 123 Å². The number of hydrogen-bond acceptors (Lipinski definition) is 3. The van der Waals surface area contributed by atoms with E-state index in [9.17, 15) is 5.11 Å². The molecule has 1 atom stereocenters. The van der Waals surface area contributed by atoms with E-state index in [4.69, 9.17) is 32.7 Å². The Hall–Kier alpha value is -0.480. The fraction of sp³-hybridized carbons (Fsp3) is 0.571. The van der Waals surface area contributed by atoms with Gasteiger partial charge in [-0.2, -0.15) is 0 Å². The van der Waals surface area contributed by atoms with E-state index in [1.54, 1.807) is 12.1 Å². The van der Waals surface area contributed by atoms with E-state index in [1.165, 1.54) is 0 Å². The number of benzene rings is 1. The average molecular weight is 305 g/mol. The number of ether oxygens (including phenoxy) is 2. The third-order valence-corrected chi connectivity index (χ3v) is 4.00. The van der Waals surface area contributed by atoms with Gasteiger partial charge in [-0.3, -0.25) is 0 Å². The average Bonchev–Trinajstić information content (AvgIpc) is 2.43. The third-order valence-electron chi connectivity index (χ3n) is 3.38. The number of rotatable bonds is 4. The van der Waals surface area contributed by atoms with Crippen molar-refractivity contribution < 1.29 is 14.6 Å². The maximum atomic E-state index is 10.4. The lowest BCUT2D eigenvalue weighted by Gasteiger charge is -2.27. The molecular weight excluding hydrogens is 287 g/mol. The van der Waals surface area contributed by atoms with Crippen molar-refractivity contribution in [1.82, 2.24) is 0 Å². The van der Waals surface area contributed by atoms with E-state index in [-0.39, 0.29) is 5.92 Å². The molecule has 0 saturated carbocycles. The van der Waals surface area contributed by atoms with E-state index >= 15 is 0 Å². The monoisotopic (exact) mass is 304 g/mol. The van der Waals surface area contributed by atoms with Crippen LogP contribution in [0.2, 0.25) is 10.0 Å². The SMILES string of the molecule is CCOc1cc(Cl)c(C(O)C2CCOCC2)cc1Cl. The van der Waals surface area contributed by atoms with E-state index < -0.39 is 6.10 Å². The molecule has 1 N–H and O–H groups in total. The van der Waals surface area contributed by atoms with Gasteiger partial charge >= 0.3 is 0 Å². The molecule has 1 unspecified atom stereocenters. The van der Waals surface area contributed by atoms with Crippen LogP contribution in [0.1, 0.15) is 31.4 Å². The van der Waals surface area contributed by atoms with Gasteiger partial charge in [0.15, 0.2) is 0 Å². The molecule has 1 aromatic rings. The van der Waals surface area contributed by atoms with Crippen molar-refractivity contribution >= 4 is 23.2 Å². The molecule has 1 fully saturated rings. The lowest BCUT2D eigenvalue weighted by molar-refractivity contribution is 0.00721. The van der Waals surface area contributed by atoms with E-state index in [0.29, 0.717) is 41.2 Å². The summed E-state index contributed by atoms with van der Waals surface area (Å²) in [6.07, 6.45) is 1.06. The van der Waals surface area contributed by atoms with Crippen LogP contribution in [-0.4, -0.2) is 24.9 Å². The summed E-state index contributed by atoms with van der Waals surface area (Å²) in [4.78, 5) is 0. The molecule has 0 amide bonds.